The van der Waals surface area contributed by atoms with Crippen LogP contribution in [0.5, 0.6) is 5.75 Å². The number of aryl methyl sites for hydroxylation is 1. The van der Waals surface area contributed by atoms with E-state index < -0.39 is 18.7 Å². The number of anilines is 1. The van der Waals surface area contributed by atoms with E-state index in [-0.39, 0.29) is 34.0 Å². The van der Waals surface area contributed by atoms with Gasteiger partial charge in [0.1, 0.15) is 28.8 Å². The van der Waals surface area contributed by atoms with Crippen molar-refractivity contribution in [3.63, 3.8) is 0 Å². The summed E-state index contributed by atoms with van der Waals surface area (Å²) in [7, 11) is 0. The standard InChI is InChI=1S/C20H13ClF3N3O3/c1-11-17(18(27-30-11)14-4-2-3-5-15(14)21)19(28)26-13-6-7-16(12(8-13)9-25)29-10-20(22,23)24/h2-8H,10H2,1H3,(H,26,28). The largest absolute Gasteiger partial charge is 0.483 e. The molecule has 6 nitrogen and oxygen atoms in total. The van der Waals surface area contributed by atoms with Crippen LogP contribution in [-0.2, 0) is 0 Å². The van der Waals surface area contributed by atoms with Gasteiger partial charge in [-0.3, -0.25) is 4.79 Å². The molecule has 0 spiro atoms. The first-order chi connectivity index (χ1) is 14.2. The summed E-state index contributed by atoms with van der Waals surface area (Å²) in [6.07, 6.45) is -4.54. The Bertz CT molecular complexity index is 1140. The lowest BCUT2D eigenvalue weighted by Gasteiger charge is -2.12. The predicted octanol–water partition coefficient (Wildman–Crippen LogP) is 5.37. The van der Waals surface area contributed by atoms with Crippen LogP contribution in [0.3, 0.4) is 0 Å². The lowest BCUT2D eigenvalue weighted by atomic mass is 10.1. The Hall–Kier alpha value is -3.51. The summed E-state index contributed by atoms with van der Waals surface area (Å²) >= 11 is 6.18. The van der Waals surface area contributed by atoms with Crippen molar-refractivity contribution in [2.45, 2.75) is 13.1 Å². The Balaban J connectivity index is 1.86. The van der Waals surface area contributed by atoms with Crippen LogP contribution in [0, 0.1) is 18.3 Å². The van der Waals surface area contributed by atoms with E-state index in [4.69, 9.17) is 16.1 Å². The second-order valence-electron chi connectivity index (χ2n) is 6.12. The Morgan fingerprint density at radius 3 is 2.70 bits per heavy atom. The first kappa shape index (κ1) is 21.2. The third-order valence-electron chi connectivity index (χ3n) is 3.97. The van der Waals surface area contributed by atoms with Gasteiger partial charge in [0.15, 0.2) is 6.61 Å². The lowest BCUT2D eigenvalue weighted by molar-refractivity contribution is -0.153. The molecule has 154 valence electrons. The summed E-state index contributed by atoms with van der Waals surface area (Å²) in [6.45, 7) is 0.0194. The van der Waals surface area contributed by atoms with Gasteiger partial charge >= 0.3 is 6.18 Å². The number of ether oxygens (including phenoxy) is 1. The number of carbonyl (C=O) groups excluding carboxylic acids is 1. The summed E-state index contributed by atoms with van der Waals surface area (Å²) in [5, 5.41) is 16.1. The average molecular weight is 436 g/mol. The summed E-state index contributed by atoms with van der Waals surface area (Å²) in [4.78, 5) is 12.8. The summed E-state index contributed by atoms with van der Waals surface area (Å²) in [6, 6.07) is 12.2. The SMILES string of the molecule is Cc1onc(-c2ccccc2Cl)c1C(=O)Nc1ccc(OCC(F)(F)F)c(C#N)c1. The molecular weight excluding hydrogens is 423 g/mol. The summed E-state index contributed by atoms with van der Waals surface area (Å²) in [5.41, 5.74) is 0.891. The number of hydrogen-bond acceptors (Lipinski definition) is 5. The minimum Gasteiger partial charge on any atom is -0.483 e. The molecule has 0 aliphatic carbocycles. The predicted molar refractivity (Wildman–Crippen MR) is 102 cm³/mol. The van der Waals surface area contributed by atoms with Gasteiger partial charge in [-0.1, -0.05) is 35.0 Å². The molecule has 0 radical (unpaired) electrons. The maximum atomic E-state index is 12.8. The van der Waals surface area contributed by atoms with Crippen LogP contribution in [0.15, 0.2) is 47.0 Å². The van der Waals surface area contributed by atoms with Crippen molar-refractivity contribution in [1.29, 1.82) is 5.26 Å². The molecule has 1 aromatic heterocycles. The van der Waals surface area contributed by atoms with Crippen molar-refractivity contribution < 1.29 is 27.2 Å². The van der Waals surface area contributed by atoms with Crippen molar-refractivity contribution in [2.75, 3.05) is 11.9 Å². The average Bonchev–Trinajstić information content (AvgIpc) is 3.07. The van der Waals surface area contributed by atoms with E-state index >= 15 is 0 Å². The fraction of sp³-hybridized carbons (Fsp3) is 0.150. The molecule has 0 unspecified atom stereocenters. The number of halogens is 4. The molecule has 30 heavy (non-hydrogen) atoms. The molecule has 1 N–H and O–H groups in total. The minimum atomic E-state index is -4.54. The Kier molecular flexibility index (Phi) is 5.99. The number of carbonyl (C=O) groups is 1. The van der Waals surface area contributed by atoms with Crippen LogP contribution < -0.4 is 10.1 Å². The van der Waals surface area contributed by atoms with Crippen LogP contribution in [0.25, 0.3) is 11.3 Å². The molecule has 1 amide bonds. The second-order valence-corrected chi connectivity index (χ2v) is 6.53. The van der Waals surface area contributed by atoms with Crippen molar-refractivity contribution in [1.82, 2.24) is 5.16 Å². The van der Waals surface area contributed by atoms with E-state index in [1.54, 1.807) is 37.3 Å². The van der Waals surface area contributed by atoms with Gasteiger partial charge in [0, 0.05) is 11.3 Å². The van der Waals surface area contributed by atoms with Crippen LogP contribution in [-0.4, -0.2) is 23.8 Å². The highest BCUT2D eigenvalue weighted by molar-refractivity contribution is 6.33. The molecule has 10 heteroatoms. The molecule has 1 heterocycles. The molecule has 2 aromatic carbocycles. The van der Waals surface area contributed by atoms with Crippen molar-refractivity contribution in [3.8, 4) is 23.1 Å². The van der Waals surface area contributed by atoms with E-state index in [1.807, 2.05) is 0 Å². The molecule has 0 atom stereocenters. The van der Waals surface area contributed by atoms with E-state index in [0.29, 0.717) is 10.6 Å². The fourth-order valence-corrected chi connectivity index (χ4v) is 2.88. The number of nitrogens with one attached hydrogen (secondary N) is 1. The Morgan fingerprint density at radius 2 is 2.03 bits per heavy atom. The highest BCUT2D eigenvalue weighted by Crippen LogP contribution is 2.32. The zero-order valence-corrected chi connectivity index (χ0v) is 16.1. The molecule has 0 fully saturated rings. The highest BCUT2D eigenvalue weighted by atomic mass is 35.5. The van der Waals surface area contributed by atoms with Crippen LogP contribution in [0.1, 0.15) is 21.7 Å². The third kappa shape index (κ3) is 4.72. The molecule has 0 bridgehead atoms. The van der Waals surface area contributed by atoms with E-state index in [9.17, 15) is 23.2 Å². The van der Waals surface area contributed by atoms with Crippen LogP contribution >= 0.6 is 11.6 Å². The Morgan fingerprint density at radius 1 is 1.30 bits per heavy atom. The third-order valence-corrected chi connectivity index (χ3v) is 4.30. The van der Waals surface area contributed by atoms with Gasteiger partial charge in [-0.15, -0.1) is 0 Å². The Labute approximate surface area is 173 Å². The van der Waals surface area contributed by atoms with Crippen molar-refractivity contribution in [3.05, 3.63) is 64.4 Å². The van der Waals surface area contributed by atoms with Gasteiger partial charge in [0.2, 0.25) is 0 Å². The maximum absolute atomic E-state index is 12.8. The minimum absolute atomic E-state index is 0.138. The lowest BCUT2D eigenvalue weighted by Crippen LogP contribution is -2.19. The molecule has 0 aliphatic rings. The van der Waals surface area contributed by atoms with Gasteiger partial charge in [-0.2, -0.15) is 18.4 Å². The fourth-order valence-electron chi connectivity index (χ4n) is 2.65. The zero-order chi connectivity index (χ0) is 21.9. The number of nitriles is 1. The maximum Gasteiger partial charge on any atom is 0.422 e. The number of nitrogens with zero attached hydrogens (tertiary/aromatic N) is 2. The number of rotatable bonds is 5. The molecular formula is C20H13ClF3N3O3. The normalized spacial score (nSPS) is 11.1. The molecule has 0 aliphatic heterocycles. The number of alkyl halides is 3. The van der Waals surface area contributed by atoms with Crippen LogP contribution in [0.4, 0.5) is 18.9 Å². The smallest absolute Gasteiger partial charge is 0.422 e. The van der Waals surface area contributed by atoms with E-state index in [0.717, 1.165) is 0 Å². The molecule has 3 aromatic rings. The summed E-state index contributed by atoms with van der Waals surface area (Å²) < 4.78 is 46.8. The zero-order valence-electron chi connectivity index (χ0n) is 15.4. The molecule has 0 saturated heterocycles. The topological polar surface area (TPSA) is 88.2 Å². The highest BCUT2D eigenvalue weighted by Gasteiger charge is 2.29. The molecule has 0 saturated carbocycles. The monoisotopic (exact) mass is 435 g/mol. The van der Waals surface area contributed by atoms with Gasteiger partial charge in [0.05, 0.1) is 10.6 Å². The van der Waals surface area contributed by atoms with Gasteiger partial charge < -0.3 is 14.6 Å². The van der Waals surface area contributed by atoms with Crippen molar-refractivity contribution >= 4 is 23.2 Å². The number of aromatic nitrogens is 1. The number of amides is 1. The second kappa shape index (κ2) is 8.47. The van der Waals surface area contributed by atoms with Gasteiger partial charge in [-0.25, -0.2) is 0 Å². The van der Waals surface area contributed by atoms with Crippen molar-refractivity contribution in [2.24, 2.45) is 0 Å². The molecule has 3 rings (SSSR count). The first-order valence-corrected chi connectivity index (χ1v) is 8.83. The summed E-state index contributed by atoms with van der Waals surface area (Å²) in [5.74, 6) is -0.588. The number of hydrogen-bond donors (Lipinski definition) is 1. The van der Waals surface area contributed by atoms with Gasteiger partial charge in [-0.05, 0) is 31.2 Å². The van der Waals surface area contributed by atoms with E-state index in [1.165, 1.54) is 18.2 Å². The quantitative estimate of drug-likeness (QED) is 0.582. The number of benzene rings is 2. The van der Waals surface area contributed by atoms with Gasteiger partial charge in [0.25, 0.3) is 5.91 Å². The van der Waals surface area contributed by atoms with E-state index in [2.05, 4.69) is 15.2 Å². The first-order valence-electron chi connectivity index (χ1n) is 8.46. The van der Waals surface area contributed by atoms with Crippen LogP contribution in [0.2, 0.25) is 5.02 Å².